The minimum atomic E-state index is -0.114. The number of carbonyl (C=O) groups is 1. The van der Waals surface area contributed by atoms with Crippen molar-refractivity contribution < 1.29 is 9.53 Å². The third-order valence-electron chi connectivity index (χ3n) is 1.80. The molecule has 3 nitrogen and oxygen atoms in total. The van der Waals surface area contributed by atoms with Gasteiger partial charge in [-0.1, -0.05) is 0 Å². The number of esters is 1. The number of ether oxygens (including phenoxy) is 1. The van der Waals surface area contributed by atoms with E-state index in [-0.39, 0.29) is 12.0 Å². The zero-order valence-electron chi connectivity index (χ0n) is 9.34. The van der Waals surface area contributed by atoms with Crippen LogP contribution >= 0.6 is 11.8 Å². The second-order valence-corrected chi connectivity index (χ2v) is 4.20. The van der Waals surface area contributed by atoms with Gasteiger partial charge in [0.1, 0.15) is 0 Å². The zero-order chi connectivity index (χ0) is 10.8. The first-order valence-electron chi connectivity index (χ1n) is 5.08. The van der Waals surface area contributed by atoms with E-state index >= 15 is 0 Å². The highest BCUT2D eigenvalue weighted by atomic mass is 32.2. The summed E-state index contributed by atoms with van der Waals surface area (Å²) in [5, 5.41) is 3.29. The van der Waals surface area contributed by atoms with Gasteiger partial charge in [0.15, 0.2) is 0 Å². The summed E-state index contributed by atoms with van der Waals surface area (Å²) in [6, 6.07) is 0.218. The third kappa shape index (κ3) is 8.38. The van der Waals surface area contributed by atoms with Crippen LogP contribution in [0.15, 0.2) is 0 Å². The molecule has 1 unspecified atom stereocenters. The van der Waals surface area contributed by atoms with Gasteiger partial charge in [-0.15, -0.1) is 0 Å². The topological polar surface area (TPSA) is 38.3 Å². The van der Waals surface area contributed by atoms with Gasteiger partial charge in [0.05, 0.1) is 13.0 Å². The smallest absolute Gasteiger partial charge is 0.307 e. The maximum absolute atomic E-state index is 11.1. The van der Waals surface area contributed by atoms with Crippen molar-refractivity contribution in [3.05, 3.63) is 0 Å². The largest absolute Gasteiger partial charge is 0.466 e. The van der Waals surface area contributed by atoms with Crippen LogP contribution in [0.4, 0.5) is 0 Å². The molecule has 14 heavy (non-hydrogen) atoms. The summed E-state index contributed by atoms with van der Waals surface area (Å²) in [7, 11) is 0. The van der Waals surface area contributed by atoms with E-state index in [0.717, 1.165) is 13.0 Å². The standard InChI is InChI=1S/C10H21NO2S/c1-4-13-10(12)8-9(2)11-6-5-7-14-3/h9,11H,4-8H2,1-3H3. The van der Waals surface area contributed by atoms with Crippen molar-refractivity contribution in [1.29, 1.82) is 0 Å². The van der Waals surface area contributed by atoms with Crippen LogP contribution in [0.5, 0.6) is 0 Å². The van der Waals surface area contributed by atoms with Gasteiger partial charge in [-0.2, -0.15) is 11.8 Å². The Morgan fingerprint density at radius 3 is 2.86 bits per heavy atom. The van der Waals surface area contributed by atoms with Crippen LogP contribution in [0.2, 0.25) is 0 Å². The molecule has 0 aliphatic rings. The zero-order valence-corrected chi connectivity index (χ0v) is 10.2. The van der Waals surface area contributed by atoms with Crippen LogP contribution < -0.4 is 5.32 Å². The van der Waals surface area contributed by atoms with E-state index in [1.165, 1.54) is 5.75 Å². The lowest BCUT2D eigenvalue weighted by molar-refractivity contribution is -0.143. The van der Waals surface area contributed by atoms with E-state index < -0.39 is 0 Å². The lowest BCUT2D eigenvalue weighted by Gasteiger charge is -2.12. The fourth-order valence-corrected chi connectivity index (χ4v) is 1.54. The summed E-state index contributed by atoms with van der Waals surface area (Å²) in [6.07, 6.45) is 3.71. The minimum Gasteiger partial charge on any atom is -0.466 e. The predicted molar refractivity (Wildman–Crippen MR) is 61.7 cm³/mol. The monoisotopic (exact) mass is 219 g/mol. The average molecular weight is 219 g/mol. The van der Waals surface area contributed by atoms with Crippen molar-refractivity contribution in [1.82, 2.24) is 5.32 Å². The van der Waals surface area contributed by atoms with E-state index in [9.17, 15) is 4.79 Å². The Morgan fingerprint density at radius 2 is 2.29 bits per heavy atom. The molecule has 0 aliphatic carbocycles. The molecule has 0 aromatic rings. The first-order valence-corrected chi connectivity index (χ1v) is 6.48. The number of hydrogen-bond donors (Lipinski definition) is 1. The summed E-state index contributed by atoms with van der Waals surface area (Å²) < 4.78 is 4.86. The number of hydrogen-bond acceptors (Lipinski definition) is 4. The van der Waals surface area contributed by atoms with Crippen molar-refractivity contribution in [3.63, 3.8) is 0 Å². The SMILES string of the molecule is CCOC(=O)CC(C)NCCCSC. The molecule has 4 heteroatoms. The summed E-state index contributed by atoms with van der Waals surface area (Å²) in [6.45, 7) is 5.28. The Morgan fingerprint density at radius 1 is 1.57 bits per heavy atom. The molecule has 1 N–H and O–H groups in total. The van der Waals surface area contributed by atoms with Crippen LogP contribution in [-0.2, 0) is 9.53 Å². The van der Waals surface area contributed by atoms with Gasteiger partial charge in [-0.05, 0) is 38.8 Å². The molecule has 1 atom stereocenters. The third-order valence-corrected chi connectivity index (χ3v) is 2.49. The number of nitrogens with one attached hydrogen (secondary N) is 1. The van der Waals surface area contributed by atoms with E-state index in [4.69, 9.17) is 4.74 Å². The normalized spacial score (nSPS) is 12.5. The number of thioether (sulfide) groups is 1. The lowest BCUT2D eigenvalue weighted by Crippen LogP contribution is -2.30. The van der Waals surface area contributed by atoms with E-state index in [0.29, 0.717) is 13.0 Å². The molecular formula is C10H21NO2S. The molecule has 0 radical (unpaired) electrons. The molecule has 0 spiro atoms. The van der Waals surface area contributed by atoms with Crippen LogP contribution in [0.25, 0.3) is 0 Å². The highest BCUT2D eigenvalue weighted by Gasteiger charge is 2.08. The van der Waals surface area contributed by atoms with Crippen molar-refractivity contribution in [2.45, 2.75) is 32.7 Å². The molecule has 0 aromatic heterocycles. The van der Waals surface area contributed by atoms with Crippen LogP contribution in [0.3, 0.4) is 0 Å². The fourth-order valence-electron chi connectivity index (χ4n) is 1.11. The van der Waals surface area contributed by atoms with Gasteiger partial charge in [0, 0.05) is 6.04 Å². The van der Waals surface area contributed by atoms with E-state index in [2.05, 4.69) is 11.6 Å². The summed E-state index contributed by atoms with van der Waals surface area (Å²) in [5.41, 5.74) is 0. The van der Waals surface area contributed by atoms with Gasteiger partial charge >= 0.3 is 5.97 Å². The average Bonchev–Trinajstić information content (AvgIpc) is 2.13. The Labute approximate surface area is 91.0 Å². The van der Waals surface area contributed by atoms with Crippen LogP contribution in [-0.4, -0.2) is 37.2 Å². The minimum absolute atomic E-state index is 0.114. The van der Waals surface area contributed by atoms with E-state index in [1.54, 1.807) is 0 Å². The molecule has 0 fully saturated rings. The molecule has 0 saturated carbocycles. The molecule has 0 bridgehead atoms. The first kappa shape index (κ1) is 13.8. The maximum Gasteiger partial charge on any atom is 0.307 e. The van der Waals surface area contributed by atoms with Gasteiger partial charge in [0.2, 0.25) is 0 Å². The van der Waals surface area contributed by atoms with Gasteiger partial charge < -0.3 is 10.1 Å². The molecule has 0 aliphatic heterocycles. The Bertz CT molecular complexity index is 153. The molecule has 0 saturated heterocycles. The highest BCUT2D eigenvalue weighted by molar-refractivity contribution is 7.98. The number of rotatable bonds is 8. The Balaban J connectivity index is 3.35. The van der Waals surface area contributed by atoms with Gasteiger partial charge in [-0.3, -0.25) is 4.79 Å². The molecule has 0 amide bonds. The van der Waals surface area contributed by atoms with Crippen LogP contribution in [0, 0.1) is 0 Å². The fraction of sp³-hybridized carbons (Fsp3) is 0.900. The molecular weight excluding hydrogens is 198 g/mol. The van der Waals surface area contributed by atoms with Crippen molar-refractivity contribution in [2.24, 2.45) is 0 Å². The second-order valence-electron chi connectivity index (χ2n) is 3.21. The van der Waals surface area contributed by atoms with E-state index in [1.807, 2.05) is 25.6 Å². The second kappa shape index (κ2) is 9.34. The predicted octanol–water partition coefficient (Wildman–Crippen LogP) is 1.67. The Hall–Kier alpha value is -0.220. The van der Waals surface area contributed by atoms with Crippen LogP contribution in [0.1, 0.15) is 26.7 Å². The highest BCUT2D eigenvalue weighted by Crippen LogP contribution is 1.97. The van der Waals surface area contributed by atoms with Gasteiger partial charge in [-0.25, -0.2) is 0 Å². The molecule has 0 rings (SSSR count). The van der Waals surface area contributed by atoms with Crippen molar-refractivity contribution in [3.8, 4) is 0 Å². The van der Waals surface area contributed by atoms with Gasteiger partial charge in [0.25, 0.3) is 0 Å². The molecule has 0 heterocycles. The Kier molecular flexibility index (Phi) is 9.19. The summed E-state index contributed by atoms with van der Waals surface area (Å²) >= 11 is 1.84. The quantitative estimate of drug-likeness (QED) is 0.498. The lowest BCUT2D eigenvalue weighted by atomic mass is 10.2. The van der Waals surface area contributed by atoms with Crippen molar-refractivity contribution in [2.75, 3.05) is 25.2 Å². The summed E-state index contributed by atoms with van der Waals surface area (Å²) in [4.78, 5) is 11.1. The first-order chi connectivity index (χ1) is 6.70. The van der Waals surface area contributed by atoms with Crippen molar-refractivity contribution >= 4 is 17.7 Å². The summed E-state index contributed by atoms with van der Waals surface area (Å²) in [5.74, 6) is 1.05. The number of carbonyl (C=O) groups excluding carboxylic acids is 1. The molecule has 0 aromatic carbocycles. The molecule has 84 valence electrons. The maximum atomic E-state index is 11.1.